The number of rotatable bonds is 8. The molecule has 2 unspecified atom stereocenters. The summed E-state index contributed by atoms with van der Waals surface area (Å²) in [5.74, 6) is 0.296. The number of hydrogen-bond donors (Lipinski definition) is 1. The monoisotopic (exact) mass is 541 g/mol. The summed E-state index contributed by atoms with van der Waals surface area (Å²) in [6.07, 6.45) is 9.01. The molecular formula is C26H30BClFN5O2S. The number of aromatic nitrogens is 2. The lowest BCUT2D eigenvalue weighted by Gasteiger charge is -2.32. The van der Waals surface area contributed by atoms with Gasteiger partial charge < -0.3 is 5.32 Å². The number of halogens is 2. The predicted molar refractivity (Wildman–Crippen MR) is 147 cm³/mol. The Labute approximate surface area is 224 Å². The third-order valence-corrected chi connectivity index (χ3v) is 8.81. The number of sulfonamides is 1. The van der Waals surface area contributed by atoms with Gasteiger partial charge in [-0.3, -0.25) is 4.99 Å². The second-order valence-electron chi connectivity index (χ2n) is 9.55. The lowest BCUT2D eigenvalue weighted by molar-refractivity contribution is 0.295. The van der Waals surface area contributed by atoms with Gasteiger partial charge in [-0.1, -0.05) is 36.6 Å². The number of piperidine rings is 1. The van der Waals surface area contributed by atoms with Gasteiger partial charge in [0.2, 0.25) is 10.0 Å². The van der Waals surface area contributed by atoms with Gasteiger partial charge in [0.15, 0.2) is 0 Å². The maximum Gasteiger partial charge on any atom is 0.243 e. The van der Waals surface area contributed by atoms with E-state index in [9.17, 15) is 12.8 Å². The third kappa shape index (κ3) is 6.25. The maximum atomic E-state index is 13.6. The lowest BCUT2D eigenvalue weighted by atomic mass is 9.92. The Morgan fingerprint density at radius 1 is 1.41 bits per heavy atom. The number of allylic oxidation sites excluding steroid dienone is 1. The molecule has 37 heavy (non-hydrogen) atoms. The Morgan fingerprint density at radius 3 is 2.86 bits per heavy atom. The summed E-state index contributed by atoms with van der Waals surface area (Å²) in [5.41, 5.74) is 3.19. The van der Waals surface area contributed by atoms with E-state index in [1.54, 1.807) is 10.9 Å². The molecule has 0 amide bonds. The van der Waals surface area contributed by atoms with Crippen molar-refractivity contribution in [1.82, 2.24) is 19.4 Å². The van der Waals surface area contributed by atoms with Crippen LogP contribution in [0, 0.1) is 24.6 Å². The van der Waals surface area contributed by atoms with Crippen molar-refractivity contribution >= 4 is 47.0 Å². The van der Waals surface area contributed by atoms with Crippen LogP contribution < -0.4 is 10.8 Å². The van der Waals surface area contributed by atoms with E-state index in [-0.39, 0.29) is 22.4 Å². The van der Waals surface area contributed by atoms with Crippen molar-refractivity contribution in [2.45, 2.75) is 31.6 Å². The fraction of sp³-hybridized carbons (Fsp3) is 0.385. The van der Waals surface area contributed by atoms with Crippen LogP contribution in [0.25, 0.3) is 5.82 Å². The van der Waals surface area contributed by atoms with Crippen LogP contribution in [-0.4, -0.2) is 62.7 Å². The van der Waals surface area contributed by atoms with Gasteiger partial charge in [-0.2, -0.15) is 9.40 Å². The molecule has 7 nitrogen and oxygen atoms in total. The van der Waals surface area contributed by atoms with Crippen molar-refractivity contribution in [1.29, 1.82) is 0 Å². The molecule has 1 aromatic heterocycles. The SMILES string of the molecule is [B]c1cnn(/C(=C\C(=C)C2CCCN(S(=O)(=O)c3ccc(F)c(Cl)c3)C2)NCC2=CC(C)CN=C2)c1C. The quantitative estimate of drug-likeness (QED) is 0.410. The van der Waals surface area contributed by atoms with E-state index in [0.717, 1.165) is 41.9 Å². The summed E-state index contributed by atoms with van der Waals surface area (Å²) in [6, 6.07) is 3.47. The van der Waals surface area contributed by atoms with Gasteiger partial charge in [-0.15, -0.1) is 0 Å². The van der Waals surface area contributed by atoms with Crippen molar-refractivity contribution in [2.75, 3.05) is 26.2 Å². The minimum absolute atomic E-state index is 0.0256. The standard InChI is InChI=1S/C26H30BClFN5O2S/c1-17-9-20(13-30-12-17)14-31-26(34-19(3)23(27)15-32-34)10-18(2)21-5-4-8-33(16-21)37(35,36)22-6-7-25(29)24(28)11-22/h6-7,9-11,13,15,17,21,31H,2,4-5,8,12,14,16H2,1,3H3/b26-10-. The fourth-order valence-electron chi connectivity index (χ4n) is 4.49. The Bertz CT molecular complexity index is 1390. The molecule has 3 heterocycles. The van der Waals surface area contributed by atoms with Gasteiger partial charge in [0.05, 0.1) is 9.92 Å². The molecule has 4 rings (SSSR count). The van der Waals surface area contributed by atoms with Gasteiger partial charge in [0.25, 0.3) is 0 Å². The van der Waals surface area contributed by atoms with E-state index in [1.165, 1.54) is 10.4 Å². The summed E-state index contributed by atoms with van der Waals surface area (Å²) in [5, 5.41) is 7.63. The highest BCUT2D eigenvalue weighted by Gasteiger charge is 2.31. The zero-order valence-corrected chi connectivity index (χ0v) is 22.6. The molecule has 0 saturated carbocycles. The van der Waals surface area contributed by atoms with Crippen LogP contribution in [0.2, 0.25) is 5.02 Å². The summed E-state index contributed by atoms with van der Waals surface area (Å²) in [4.78, 5) is 4.38. The molecule has 1 fully saturated rings. The van der Waals surface area contributed by atoms with Crippen molar-refractivity contribution in [3.05, 3.63) is 70.8 Å². The molecule has 1 saturated heterocycles. The molecule has 2 radical (unpaired) electrons. The van der Waals surface area contributed by atoms with Gasteiger partial charge >= 0.3 is 0 Å². The van der Waals surface area contributed by atoms with Crippen LogP contribution in [0.4, 0.5) is 4.39 Å². The van der Waals surface area contributed by atoms with E-state index in [0.29, 0.717) is 36.7 Å². The topological polar surface area (TPSA) is 79.6 Å². The maximum absolute atomic E-state index is 13.6. The smallest absolute Gasteiger partial charge is 0.243 e. The summed E-state index contributed by atoms with van der Waals surface area (Å²) >= 11 is 5.85. The largest absolute Gasteiger partial charge is 0.366 e. The van der Waals surface area contributed by atoms with Crippen LogP contribution in [-0.2, 0) is 10.0 Å². The average molecular weight is 542 g/mol. The molecular weight excluding hydrogens is 512 g/mol. The van der Waals surface area contributed by atoms with E-state index >= 15 is 0 Å². The first kappa shape index (κ1) is 27.4. The second kappa shape index (κ2) is 11.4. The van der Waals surface area contributed by atoms with E-state index < -0.39 is 15.8 Å². The highest BCUT2D eigenvalue weighted by molar-refractivity contribution is 7.89. The Morgan fingerprint density at radius 2 is 2.19 bits per heavy atom. The Balaban J connectivity index is 1.55. The van der Waals surface area contributed by atoms with Crippen LogP contribution >= 0.6 is 11.6 Å². The first-order valence-electron chi connectivity index (χ1n) is 12.2. The molecule has 2 aliphatic rings. The van der Waals surface area contributed by atoms with Crippen LogP contribution in [0.5, 0.6) is 0 Å². The first-order valence-corrected chi connectivity index (χ1v) is 14.0. The molecule has 1 N–H and O–H groups in total. The predicted octanol–water partition coefficient (Wildman–Crippen LogP) is 3.47. The molecule has 11 heteroatoms. The second-order valence-corrected chi connectivity index (χ2v) is 11.9. The summed E-state index contributed by atoms with van der Waals surface area (Å²) in [6.45, 7) is 10.2. The molecule has 2 aliphatic heterocycles. The molecule has 194 valence electrons. The highest BCUT2D eigenvalue weighted by Crippen LogP contribution is 2.30. The van der Waals surface area contributed by atoms with Crippen LogP contribution in [0.3, 0.4) is 0 Å². The van der Waals surface area contributed by atoms with E-state index in [1.807, 2.05) is 19.2 Å². The summed E-state index contributed by atoms with van der Waals surface area (Å²) < 4.78 is 43.2. The van der Waals surface area contributed by atoms with Crippen LogP contribution in [0.15, 0.2) is 64.2 Å². The number of hydrogen-bond acceptors (Lipinski definition) is 5. The molecule has 2 aromatic rings. The molecule has 1 aromatic carbocycles. The number of nitrogens with zero attached hydrogens (tertiary/aromatic N) is 4. The molecule has 0 spiro atoms. The van der Waals surface area contributed by atoms with Gasteiger partial charge in [-0.05, 0) is 67.0 Å². The van der Waals surface area contributed by atoms with Gasteiger partial charge in [-0.25, -0.2) is 17.5 Å². The highest BCUT2D eigenvalue weighted by atomic mass is 35.5. The molecule has 2 atom stereocenters. The number of aliphatic imine (C=N–C) groups is 1. The third-order valence-electron chi connectivity index (χ3n) is 6.66. The number of dihydropyridines is 1. The Hall–Kier alpha value is -2.69. The van der Waals surface area contributed by atoms with Crippen molar-refractivity contribution in [3.63, 3.8) is 0 Å². The first-order chi connectivity index (χ1) is 17.6. The van der Waals surface area contributed by atoms with Gasteiger partial charge in [0.1, 0.15) is 19.5 Å². The minimum Gasteiger partial charge on any atom is -0.366 e. The molecule has 0 aliphatic carbocycles. The minimum atomic E-state index is -3.83. The zero-order valence-electron chi connectivity index (χ0n) is 21.0. The van der Waals surface area contributed by atoms with Gasteiger partial charge in [0, 0.05) is 44.3 Å². The molecule has 0 bridgehead atoms. The zero-order chi connectivity index (χ0) is 26.7. The normalized spacial score (nSPS) is 21.1. The Kier molecular flexibility index (Phi) is 8.41. The van der Waals surface area contributed by atoms with E-state index in [2.05, 4.69) is 35.0 Å². The fourth-order valence-corrected chi connectivity index (χ4v) is 6.29. The average Bonchev–Trinajstić information content (AvgIpc) is 3.21. The van der Waals surface area contributed by atoms with Crippen LogP contribution in [0.1, 0.15) is 25.5 Å². The van der Waals surface area contributed by atoms with Crippen molar-refractivity contribution in [3.8, 4) is 0 Å². The lowest BCUT2D eigenvalue weighted by Crippen LogP contribution is -2.40. The van der Waals surface area contributed by atoms with Crippen molar-refractivity contribution < 1.29 is 12.8 Å². The van der Waals surface area contributed by atoms with Crippen molar-refractivity contribution in [2.24, 2.45) is 16.8 Å². The number of nitrogens with one attached hydrogen (secondary N) is 1. The number of benzene rings is 1. The van der Waals surface area contributed by atoms with E-state index in [4.69, 9.17) is 19.4 Å². The summed E-state index contributed by atoms with van der Waals surface area (Å²) in [7, 11) is 2.22.